The highest BCUT2D eigenvalue weighted by atomic mass is 32.2. The van der Waals surface area contributed by atoms with Gasteiger partial charge >= 0.3 is 0 Å². The molecule has 0 aliphatic carbocycles. The largest absolute Gasteiger partial charge is 0.493 e. The van der Waals surface area contributed by atoms with Crippen LogP contribution in [-0.2, 0) is 11.4 Å². The van der Waals surface area contributed by atoms with Gasteiger partial charge in [-0.15, -0.1) is 0 Å². The zero-order valence-electron chi connectivity index (χ0n) is 14.5. The number of amides is 1. The minimum atomic E-state index is -0.110. The number of thiocarbonyl (C=S) groups is 1. The second-order valence-electron chi connectivity index (χ2n) is 5.69. The van der Waals surface area contributed by atoms with Gasteiger partial charge in [0.25, 0.3) is 5.91 Å². The molecular formula is C19H18N2O3S2. The molecule has 1 amide bonds. The van der Waals surface area contributed by atoms with Gasteiger partial charge < -0.3 is 9.47 Å². The van der Waals surface area contributed by atoms with Gasteiger partial charge in [0.15, 0.2) is 15.8 Å². The molecule has 134 valence electrons. The van der Waals surface area contributed by atoms with Crippen molar-refractivity contribution in [2.24, 2.45) is 5.10 Å². The van der Waals surface area contributed by atoms with Gasteiger partial charge in [0.2, 0.25) is 0 Å². The van der Waals surface area contributed by atoms with Crippen LogP contribution in [0.15, 0.2) is 47.6 Å². The summed E-state index contributed by atoms with van der Waals surface area (Å²) < 4.78 is 11.8. The van der Waals surface area contributed by atoms with Crippen molar-refractivity contribution in [1.29, 1.82) is 0 Å². The third-order valence-corrected chi connectivity index (χ3v) is 5.05. The summed E-state index contributed by atoms with van der Waals surface area (Å²) in [5, 5.41) is 5.41. The number of hydrogen-bond acceptors (Lipinski definition) is 6. The Kier molecular flexibility index (Phi) is 5.90. The molecule has 0 aromatic heterocycles. The maximum Gasteiger partial charge on any atom is 0.259 e. The highest BCUT2D eigenvalue weighted by Crippen LogP contribution is 2.28. The first-order valence-corrected chi connectivity index (χ1v) is 9.36. The molecule has 3 rings (SSSR count). The summed E-state index contributed by atoms with van der Waals surface area (Å²) in [5.41, 5.74) is 3.07. The van der Waals surface area contributed by atoms with E-state index in [2.05, 4.69) is 11.2 Å². The SMILES string of the molecule is COc1cc(/C=N\N2C(=O)CSC2=S)ccc1OCc1cccc(C)c1. The van der Waals surface area contributed by atoms with Crippen molar-refractivity contribution in [2.75, 3.05) is 12.9 Å². The fourth-order valence-electron chi connectivity index (χ4n) is 2.43. The van der Waals surface area contributed by atoms with Gasteiger partial charge in [-0.3, -0.25) is 4.79 Å². The average Bonchev–Trinajstić information content (AvgIpc) is 2.96. The Bertz CT molecular complexity index is 852. The Morgan fingerprint density at radius 2 is 2.12 bits per heavy atom. The molecule has 1 saturated heterocycles. The van der Waals surface area contributed by atoms with Crippen molar-refractivity contribution < 1.29 is 14.3 Å². The van der Waals surface area contributed by atoms with Crippen molar-refractivity contribution in [3.05, 3.63) is 59.2 Å². The normalized spacial score (nSPS) is 14.3. The standard InChI is InChI=1S/C19H18N2O3S2/c1-13-4-3-5-15(8-13)11-24-16-7-6-14(9-17(16)23-2)10-20-21-18(22)12-26-19(21)25/h3-10H,11-12H2,1-2H3/b20-10-. The van der Waals surface area contributed by atoms with E-state index in [1.165, 1.54) is 22.3 Å². The number of aryl methyl sites for hydroxylation is 1. The first kappa shape index (κ1) is 18.4. The van der Waals surface area contributed by atoms with E-state index in [0.717, 1.165) is 11.1 Å². The summed E-state index contributed by atoms with van der Waals surface area (Å²) in [6.07, 6.45) is 1.59. The van der Waals surface area contributed by atoms with Gasteiger partial charge in [-0.05, 0) is 36.2 Å². The minimum absolute atomic E-state index is 0.110. The lowest BCUT2D eigenvalue weighted by atomic mass is 10.1. The monoisotopic (exact) mass is 386 g/mol. The second kappa shape index (κ2) is 8.33. The number of benzene rings is 2. The number of carbonyl (C=O) groups is 1. The predicted molar refractivity (Wildman–Crippen MR) is 108 cm³/mol. The van der Waals surface area contributed by atoms with E-state index in [9.17, 15) is 4.79 Å². The first-order valence-electron chi connectivity index (χ1n) is 7.97. The molecule has 1 aliphatic heterocycles. The van der Waals surface area contributed by atoms with Crippen LogP contribution in [0.4, 0.5) is 0 Å². The van der Waals surface area contributed by atoms with Crippen molar-refractivity contribution in [3.8, 4) is 11.5 Å². The fraction of sp³-hybridized carbons (Fsp3) is 0.211. The molecule has 0 saturated carbocycles. The van der Waals surface area contributed by atoms with Gasteiger partial charge in [-0.2, -0.15) is 10.1 Å². The molecule has 0 unspecified atom stereocenters. The smallest absolute Gasteiger partial charge is 0.259 e. The lowest BCUT2D eigenvalue weighted by Gasteiger charge is -2.12. The lowest BCUT2D eigenvalue weighted by Crippen LogP contribution is -2.22. The average molecular weight is 386 g/mol. The van der Waals surface area contributed by atoms with Crippen LogP contribution >= 0.6 is 24.0 Å². The Labute approximate surface area is 162 Å². The number of thioether (sulfide) groups is 1. The predicted octanol–water partition coefficient (Wildman–Crippen LogP) is 3.78. The van der Waals surface area contributed by atoms with E-state index < -0.39 is 0 Å². The molecule has 2 aromatic rings. The fourth-order valence-corrected chi connectivity index (χ4v) is 3.40. The molecule has 0 bridgehead atoms. The molecule has 1 aliphatic rings. The third-order valence-electron chi connectivity index (χ3n) is 3.72. The van der Waals surface area contributed by atoms with Gasteiger partial charge in [0.05, 0.1) is 19.1 Å². The van der Waals surface area contributed by atoms with E-state index in [0.29, 0.717) is 28.2 Å². The van der Waals surface area contributed by atoms with Crippen LogP contribution in [-0.4, -0.2) is 34.3 Å². The molecule has 26 heavy (non-hydrogen) atoms. The zero-order valence-corrected chi connectivity index (χ0v) is 16.1. The van der Waals surface area contributed by atoms with Crippen LogP contribution in [0.1, 0.15) is 16.7 Å². The molecular weight excluding hydrogens is 368 g/mol. The Balaban J connectivity index is 1.71. The van der Waals surface area contributed by atoms with Crippen LogP contribution < -0.4 is 9.47 Å². The maximum atomic E-state index is 11.7. The summed E-state index contributed by atoms with van der Waals surface area (Å²) in [6.45, 7) is 2.51. The van der Waals surface area contributed by atoms with Crippen LogP contribution in [0.3, 0.4) is 0 Å². The molecule has 0 spiro atoms. The van der Waals surface area contributed by atoms with Crippen LogP contribution in [0.25, 0.3) is 0 Å². The summed E-state index contributed by atoms with van der Waals surface area (Å²) >= 11 is 6.42. The zero-order chi connectivity index (χ0) is 18.5. The van der Waals surface area contributed by atoms with E-state index in [-0.39, 0.29) is 5.91 Å². The number of hydrogen-bond donors (Lipinski definition) is 0. The van der Waals surface area contributed by atoms with E-state index in [4.69, 9.17) is 21.7 Å². The van der Waals surface area contributed by atoms with Crippen LogP contribution in [0.5, 0.6) is 11.5 Å². The first-order chi connectivity index (χ1) is 12.6. The number of ether oxygens (including phenoxy) is 2. The van der Waals surface area contributed by atoms with Gasteiger partial charge in [0, 0.05) is 0 Å². The van der Waals surface area contributed by atoms with E-state index in [1.807, 2.05) is 43.3 Å². The van der Waals surface area contributed by atoms with Crippen molar-refractivity contribution >= 4 is 40.4 Å². The molecule has 1 heterocycles. The van der Waals surface area contributed by atoms with Gasteiger partial charge in [-0.1, -0.05) is 53.8 Å². The van der Waals surface area contributed by atoms with Gasteiger partial charge in [0.1, 0.15) is 6.61 Å². The molecule has 7 heteroatoms. The number of hydrazone groups is 1. The van der Waals surface area contributed by atoms with E-state index >= 15 is 0 Å². The maximum absolute atomic E-state index is 11.7. The summed E-state index contributed by atoms with van der Waals surface area (Å²) in [6, 6.07) is 13.7. The van der Waals surface area contributed by atoms with Crippen molar-refractivity contribution in [2.45, 2.75) is 13.5 Å². The molecule has 0 N–H and O–H groups in total. The summed E-state index contributed by atoms with van der Waals surface area (Å²) in [7, 11) is 1.59. The molecule has 0 radical (unpaired) electrons. The highest BCUT2D eigenvalue weighted by Gasteiger charge is 2.25. The quantitative estimate of drug-likeness (QED) is 0.559. The van der Waals surface area contributed by atoms with E-state index in [1.54, 1.807) is 13.3 Å². The molecule has 0 atom stereocenters. The summed E-state index contributed by atoms with van der Waals surface area (Å²) in [4.78, 5) is 11.7. The molecule has 2 aromatic carbocycles. The van der Waals surface area contributed by atoms with Crippen LogP contribution in [0, 0.1) is 6.92 Å². The number of rotatable bonds is 6. The highest BCUT2D eigenvalue weighted by molar-refractivity contribution is 8.23. The molecule has 1 fully saturated rings. The molecule has 5 nitrogen and oxygen atoms in total. The van der Waals surface area contributed by atoms with Gasteiger partial charge in [-0.25, -0.2) is 0 Å². The van der Waals surface area contributed by atoms with Crippen molar-refractivity contribution in [3.63, 3.8) is 0 Å². The van der Waals surface area contributed by atoms with Crippen LogP contribution in [0.2, 0.25) is 0 Å². The second-order valence-corrected chi connectivity index (χ2v) is 7.30. The Hall–Kier alpha value is -2.38. The number of carbonyl (C=O) groups excluding carboxylic acids is 1. The minimum Gasteiger partial charge on any atom is -0.493 e. The summed E-state index contributed by atoms with van der Waals surface area (Å²) in [5.74, 6) is 1.48. The Morgan fingerprint density at radius 1 is 1.27 bits per heavy atom. The third kappa shape index (κ3) is 4.42. The number of methoxy groups -OCH3 is 1. The number of nitrogens with zero attached hydrogens (tertiary/aromatic N) is 2. The Morgan fingerprint density at radius 3 is 2.81 bits per heavy atom. The topological polar surface area (TPSA) is 51.1 Å². The van der Waals surface area contributed by atoms with Crippen molar-refractivity contribution in [1.82, 2.24) is 5.01 Å². The lowest BCUT2D eigenvalue weighted by molar-refractivity contribution is -0.123.